The minimum Gasteiger partial charge on any atom is -0.495 e. The molecule has 0 aliphatic carbocycles. The Balaban J connectivity index is 1.49. The first-order chi connectivity index (χ1) is 15.7. The van der Waals surface area contributed by atoms with Crippen LogP contribution in [-0.2, 0) is 0 Å². The zero-order valence-electron chi connectivity index (χ0n) is 17.4. The Hall–Kier alpha value is -4.53. The molecular weight excluding hydrogens is 404 g/mol. The number of fused-ring (bicyclic) bond motifs is 2. The highest BCUT2D eigenvalue weighted by Gasteiger charge is 2.15. The number of pyridine rings is 3. The topological polar surface area (TPSA) is 110 Å². The molecule has 0 fully saturated rings. The summed E-state index contributed by atoms with van der Waals surface area (Å²) in [4.78, 5) is 21.0. The average Bonchev–Trinajstić information content (AvgIpc) is 3.55. The standard InChI is InChI=1S/C23H18N8O/c1-13-11-31(12-27-13)22-10-25-8-20-16(22)4-19(28-20)23-17-5-18(26-9-21(17)29-30-23)14-3-15(32-2)7-24-6-14/h3-12,28H,1-2H3,(H,29,30). The number of H-pyrrole nitrogens is 2. The molecule has 9 heteroatoms. The van der Waals surface area contributed by atoms with Crippen molar-refractivity contribution in [3.05, 3.63) is 67.4 Å². The molecule has 6 aromatic heterocycles. The number of methoxy groups -OCH3 is 1. The van der Waals surface area contributed by atoms with E-state index in [0.717, 1.165) is 55.8 Å². The van der Waals surface area contributed by atoms with Gasteiger partial charge < -0.3 is 14.3 Å². The number of aryl methyl sites for hydroxylation is 1. The number of nitrogens with zero attached hydrogens (tertiary/aromatic N) is 6. The third-order valence-corrected chi connectivity index (χ3v) is 5.46. The number of ether oxygens (including phenoxy) is 1. The van der Waals surface area contributed by atoms with E-state index in [1.807, 2.05) is 42.2 Å². The van der Waals surface area contributed by atoms with Gasteiger partial charge in [-0.1, -0.05) is 0 Å². The molecule has 0 saturated carbocycles. The van der Waals surface area contributed by atoms with E-state index >= 15 is 0 Å². The van der Waals surface area contributed by atoms with Gasteiger partial charge in [0.2, 0.25) is 0 Å². The van der Waals surface area contributed by atoms with Gasteiger partial charge in [0.15, 0.2) is 0 Å². The largest absolute Gasteiger partial charge is 0.495 e. The van der Waals surface area contributed by atoms with Crippen LogP contribution in [0.5, 0.6) is 5.75 Å². The highest BCUT2D eigenvalue weighted by atomic mass is 16.5. The summed E-state index contributed by atoms with van der Waals surface area (Å²) in [6.07, 6.45) is 12.6. The Kier molecular flexibility index (Phi) is 4.00. The van der Waals surface area contributed by atoms with E-state index in [2.05, 4.69) is 41.2 Å². The molecule has 0 unspecified atom stereocenters. The quantitative estimate of drug-likeness (QED) is 0.443. The van der Waals surface area contributed by atoms with Gasteiger partial charge in [0, 0.05) is 28.7 Å². The number of aromatic nitrogens is 8. The van der Waals surface area contributed by atoms with E-state index < -0.39 is 0 Å². The smallest absolute Gasteiger partial charge is 0.137 e. The van der Waals surface area contributed by atoms with E-state index in [9.17, 15) is 0 Å². The van der Waals surface area contributed by atoms with E-state index in [1.165, 1.54) is 0 Å². The van der Waals surface area contributed by atoms with E-state index in [1.54, 1.807) is 32.0 Å². The van der Waals surface area contributed by atoms with Crippen LogP contribution in [0.2, 0.25) is 0 Å². The summed E-state index contributed by atoms with van der Waals surface area (Å²) >= 11 is 0. The van der Waals surface area contributed by atoms with Gasteiger partial charge in [0.05, 0.1) is 72.0 Å². The Morgan fingerprint density at radius 2 is 1.81 bits per heavy atom. The molecule has 6 rings (SSSR count). The maximum Gasteiger partial charge on any atom is 0.137 e. The van der Waals surface area contributed by atoms with Crippen molar-refractivity contribution < 1.29 is 4.74 Å². The van der Waals surface area contributed by atoms with Crippen molar-refractivity contribution in [2.75, 3.05) is 7.11 Å². The molecule has 0 spiro atoms. The number of hydrogen-bond donors (Lipinski definition) is 2. The Bertz CT molecular complexity index is 1590. The first-order valence-electron chi connectivity index (χ1n) is 10.0. The summed E-state index contributed by atoms with van der Waals surface area (Å²) < 4.78 is 7.27. The van der Waals surface area contributed by atoms with Gasteiger partial charge in [0.1, 0.15) is 11.4 Å². The summed E-state index contributed by atoms with van der Waals surface area (Å²) in [5.41, 5.74) is 7.03. The number of hydrogen-bond acceptors (Lipinski definition) is 6. The fourth-order valence-corrected chi connectivity index (χ4v) is 3.87. The Labute approximate surface area is 182 Å². The van der Waals surface area contributed by atoms with Crippen molar-refractivity contribution in [3.8, 4) is 34.1 Å². The van der Waals surface area contributed by atoms with Crippen molar-refractivity contribution in [2.24, 2.45) is 0 Å². The van der Waals surface area contributed by atoms with Crippen LogP contribution in [-0.4, -0.2) is 46.8 Å². The van der Waals surface area contributed by atoms with Crippen LogP contribution in [0.15, 0.2) is 61.7 Å². The Morgan fingerprint density at radius 3 is 2.66 bits per heavy atom. The predicted molar refractivity (Wildman–Crippen MR) is 121 cm³/mol. The van der Waals surface area contributed by atoms with Crippen molar-refractivity contribution >= 4 is 21.8 Å². The number of nitrogens with one attached hydrogen (secondary N) is 2. The first kappa shape index (κ1) is 18.3. The fourth-order valence-electron chi connectivity index (χ4n) is 3.87. The lowest BCUT2D eigenvalue weighted by Crippen LogP contribution is -1.91. The van der Waals surface area contributed by atoms with Crippen LogP contribution in [0.3, 0.4) is 0 Å². The summed E-state index contributed by atoms with van der Waals surface area (Å²) in [6, 6.07) is 6.01. The molecule has 32 heavy (non-hydrogen) atoms. The SMILES string of the molecule is COc1cncc(-c2cc3c(-c4cc5c(-n6cnc(C)c6)cncc5[nH]4)n[nH]c3cn2)c1. The van der Waals surface area contributed by atoms with Crippen molar-refractivity contribution in [1.82, 2.24) is 39.7 Å². The van der Waals surface area contributed by atoms with Gasteiger partial charge >= 0.3 is 0 Å². The summed E-state index contributed by atoms with van der Waals surface area (Å²) in [7, 11) is 1.62. The van der Waals surface area contributed by atoms with E-state index in [0.29, 0.717) is 5.75 Å². The number of aromatic amines is 2. The third kappa shape index (κ3) is 2.90. The molecule has 0 radical (unpaired) electrons. The third-order valence-electron chi connectivity index (χ3n) is 5.46. The zero-order chi connectivity index (χ0) is 21.7. The highest BCUT2D eigenvalue weighted by Crippen LogP contribution is 2.32. The van der Waals surface area contributed by atoms with E-state index in [-0.39, 0.29) is 0 Å². The lowest BCUT2D eigenvalue weighted by atomic mass is 10.1. The summed E-state index contributed by atoms with van der Waals surface area (Å²) in [5, 5.41) is 9.63. The molecular formula is C23H18N8O. The van der Waals surface area contributed by atoms with Gasteiger partial charge in [0.25, 0.3) is 0 Å². The van der Waals surface area contributed by atoms with Crippen molar-refractivity contribution in [1.29, 1.82) is 0 Å². The molecule has 0 atom stereocenters. The summed E-state index contributed by atoms with van der Waals surface area (Å²) in [5.74, 6) is 0.683. The fraction of sp³-hybridized carbons (Fsp3) is 0.0870. The maximum absolute atomic E-state index is 5.30. The number of rotatable bonds is 4. The van der Waals surface area contributed by atoms with Crippen LogP contribution in [0.25, 0.3) is 50.1 Å². The van der Waals surface area contributed by atoms with Crippen LogP contribution in [0.1, 0.15) is 5.69 Å². The average molecular weight is 422 g/mol. The zero-order valence-corrected chi connectivity index (χ0v) is 17.4. The maximum atomic E-state index is 5.30. The molecule has 0 amide bonds. The van der Waals surface area contributed by atoms with Gasteiger partial charge in [-0.25, -0.2) is 4.98 Å². The van der Waals surface area contributed by atoms with Gasteiger partial charge in [-0.3, -0.25) is 20.1 Å². The van der Waals surface area contributed by atoms with Crippen LogP contribution in [0.4, 0.5) is 0 Å². The summed E-state index contributed by atoms with van der Waals surface area (Å²) in [6.45, 7) is 1.96. The molecule has 0 saturated heterocycles. The van der Waals surface area contributed by atoms with Crippen LogP contribution < -0.4 is 4.74 Å². The highest BCUT2D eigenvalue weighted by molar-refractivity contribution is 5.98. The molecule has 156 valence electrons. The molecule has 0 aliphatic heterocycles. The van der Waals surface area contributed by atoms with E-state index in [4.69, 9.17) is 4.74 Å². The number of imidazole rings is 1. The molecule has 2 N–H and O–H groups in total. The molecule has 0 bridgehead atoms. The molecule has 0 aliphatic rings. The lowest BCUT2D eigenvalue weighted by Gasteiger charge is -2.04. The second-order valence-corrected chi connectivity index (χ2v) is 7.53. The molecule has 0 aromatic carbocycles. The molecule has 9 nitrogen and oxygen atoms in total. The van der Waals surface area contributed by atoms with Gasteiger partial charge in [-0.2, -0.15) is 5.10 Å². The molecule has 6 heterocycles. The predicted octanol–water partition coefficient (Wildman–Crippen LogP) is 4.07. The lowest BCUT2D eigenvalue weighted by molar-refractivity contribution is 0.413. The van der Waals surface area contributed by atoms with Gasteiger partial charge in [-0.15, -0.1) is 0 Å². The Morgan fingerprint density at radius 1 is 0.906 bits per heavy atom. The van der Waals surface area contributed by atoms with Crippen molar-refractivity contribution in [2.45, 2.75) is 6.92 Å². The second kappa shape index (κ2) is 7.02. The minimum absolute atomic E-state index is 0.683. The van der Waals surface area contributed by atoms with Gasteiger partial charge in [-0.05, 0) is 25.1 Å². The first-order valence-corrected chi connectivity index (χ1v) is 10.0. The van der Waals surface area contributed by atoms with Crippen LogP contribution in [0, 0.1) is 6.92 Å². The minimum atomic E-state index is 0.683. The second-order valence-electron chi connectivity index (χ2n) is 7.53. The molecule has 6 aromatic rings. The monoisotopic (exact) mass is 422 g/mol. The normalized spacial score (nSPS) is 11.4. The van der Waals surface area contributed by atoms with Crippen molar-refractivity contribution in [3.63, 3.8) is 0 Å². The van der Waals surface area contributed by atoms with Crippen LogP contribution >= 0.6 is 0 Å².